The standard InChI is InChI=1S/C14H24N2O4S/c17-13(15-2-1-3-21(18,19)20)16-14-7-10-4-11(8-14)6-12(5-10)9-14/h10-12H,1-9H2,(H2,15,16,17)(H,18,19,20). The van der Waals surface area contributed by atoms with Gasteiger partial charge in [-0.3, -0.25) is 4.55 Å². The lowest BCUT2D eigenvalue weighted by Gasteiger charge is -2.56. The van der Waals surface area contributed by atoms with Crippen molar-refractivity contribution in [1.82, 2.24) is 10.6 Å². The zero-order valence-corrected chi connectivity index (χ0v) is 13.0. The number of carbonyl (C=O) groups is 1. The zero-order valence-electron chi connectivity index (χ0n) is 12.2. The highest BCUT2D eigenvalue weighted by atomic mass is 32.2. The van der Waals surface area contributed by atoms with Gasteiger partial charge in [-0.25, -0.2) is 4.79 Å². The lowest BCUT2D eigenvalue weighted by molar-refractivity contribution is -0.0135. The number of rotatable bonds is 5. The summed E-state index contributed by atoms with van der Waals surface area (Å²) >= 11 is 0. The topological polar surface area (TPSA) is 95.5 Å². The maximum Gasteiger partial charge on any atom is 0.315 e. The van der Waals surface area contributed by atoms with Crippen molar-refractivity contribution < 1.29 is 17.8 Å². The molecule has 2 amide bonds. The Morgan fingerprint density at radius 2 is 1.62 bits per heavy atom. The highest BCUT2D eigenvalue weighted by molar-refractivity contribution is 7.85. The molecule has 0 spiro atoms. The average molecular weight is 316 g/mol. The summed E-state index contributed by atoms with van der Waals surface area (Å²) in [5.74, 6) is 2.01. The van der Waals surface area contributed by atoms with Crippen LogP contribution in [0, 0.1) is 17.8 Å². The maximum absolute atomic E-state index is 12.0. The summed E-state index contributed by atoms with van der Waals surface area (Å²) < 4.78 is 29.8. The van der Waals surface area contributed by atoms with Gasteiger partial charge in [0.25, 0.3) is 10.1 Å². The second-order valence-electron chi connectivity index (χ2n) is 7.22. The second-order valence-corrected chi connectivity index (χ2v) is 8.79. The molecule has 6 nitrogen and oxygen atoms in total. The minimum Gasteiger partial charge on any atom is -0.338 e. The smallest absolute Gasteiger partial charge is 0.315 e. The molecule has 3 N–H and O–H groups in total. The third-order valence-corrected chi connectivity index (χ3v) is 6.09. The number of nitrogens with one attached hydrogen (secondary N) is 2. The normalized spacial score (nSPS) is 37.5. The van der Waals surface area contributed by atoms with E-state index in [1.807, 2.05) is 0 Å². The first-order valence-electron chi connectivity index (χ1n) is 7.85. The van der Waals surface area contributed by atoms with Crippen molar-refractivity contribution in [3.8, 4) is 0 Å². The van der Waals surface area contributed by atoms with Crippen LogP contribution in [-0.4, -0.2) is 36.8 Å². The summed E-state index contributed by atoms with van der Waals surface area (Å²) in [6, 6.07) is -0.202. The van der Waals surface area contributed by atoms with Crippen LogP contribution in [0.5, 0.6) is 0 Å². The summed E-state index contributed by atoms with van der Waals surface area (Å²) in [7, 11) is -3.94. The SMILES string of the molecule is O=C(NCCCS(=O)(=O)O)NC12CC3CC(CC(C3)C1)C2. The van der Waals surface area contributed by atoms with E-state index in [9.17, 15) is 13.2 Å². The van der Waals surface area contributed by atoms with Crippen molar-refractivity contribution in [3.05, 3.63) is 0 Å². The number of carbonyl (C=O) groups excluding carboxylic acids is 1. The third-order valence-electron chi connectivity index (χ3n) is 5.28. The van der Waals surface area contributed by atoms with E-state index in [0.717, 1.165) is 37.0 Å². The molecule has 120 valence electrons. The second kappa shape index (κ2) is 5.43. The van der Waals surface area contributed by atoms with Gasteiger partial charge in [0.2, 0.25) is 0 Å². The molecular formula is C14H24N2O4S. The minimum absolute atomic E-state index is 0.0259. The molecule has 7 heteroatoms. The van der Waals surface area contributed by atoms with Gasteiger partial charge in [-0.1, -0.05) is 0 Å². The highest BCUT2D eigenvalue weighted by Gasteiger charge is 2.51. The summed E-state index contributed by atoms with van der Waals surface area (Å²) in [6.07, 6.45) is 7.50. The Bertz CT molecular complexity index is 482. The van der Waals surface area contributed by atoms with E-state index in [4.69, 9.17) is 4.55 Å². The zero-order chi connectivity index (χ0) is 15.1. The molecule has 4 saturated carbocycles. The van der Waals surface area contributed by atoms with E-state index < -0.39 is 10.1 Å². The van der Waals surface area contributed by atoms with Crippen LogP contribution in [0.3, 0.4) is 0 Å². The van der Waals surface area contributed by atoms with Crippen LogP contribution in [0.1, 0.15) is 44.9 Å². The number of amides is 2. The molecule has 4 aliphatic carbocycles. The van der Waals surface area contributed by atoms with Gasteiger partial charge in [0.1, 0.15) is 0 Å². The third kappa shape index (κ3) is 3.69. The Morgan fingerprint density at radius 3 is 2.10 bits per heavy atom. The van der Waals surface area contributed by atoms with Gasteiger partial charge < -0.3 is 10.6 Å². The first kappa shape index (κ1) is 15.1. The van der Waals surface area contributed by atoms with E-state index >= 15 is 0 Å². The van der Waals surface area contributed by atoms with Crippen LogP contribution >= 0.6 is 0 Å². The summed E-state index contributed by atoms with van der Waals surface area (Å²) in [5.41, 5.74) is -0.0259. The van der Waals surface area contributed by atoms with Crippen LogP contribution in [0.2, 0.25) is 0 Å². The van der Waals surface area contributed by atoms with E-state index in [0.29, 0.717) is 0 Å². The summed E-state index contributed by atoms with van der Waals surface area (Å²) in [5, 5.41) is 5.86. The fraction of sp³-hybridized carbons (Fsp3) is 0.929. The van der Waals surface area contributed by atoms with Crippen molar-refractivity contribution >= 4 is 16.1 Å². The molecule has 0 aromatic heterocycles. The molecule has 0 aromatic rings. The predicted octanol–water partition coefficient (Wildman–Crippen LogP) is 1.53. The predicted molar refractivity (Wildman–Crippen MR) is 78.5 cm³/mol. The van der Waals surface area contributed by atoms with Crippen molar-refractivity contribution in [2.24, 2.45) is 17.8 Å². The van der Waals surface area contributed by atoms with E-state index in [2.05, 4.69) is 10.6 Å². The van der Waals surface area contributed by atoms with Crippen LogP contribution in [0.15, 0.2) is 0 Å². The summed E-state index contributed by atoms with van der Waals surface area (Å²) in [4.78, 5) is 12.0. The van der Waals surface area contributed by atoms with E-state index in [1.165, 1.54) is 19.3 Å². The van der Waals surface area contributed by atoms with Gasteiger partial charge in [0.15, 0.2) is 0 Å². The fourth-order valence-corrected chi connectivity index (χ4v) is 5.51. The van der Waals surface area contributed by atoms with Gasteiger partial charge in [-0.2, -0.15) is 8.42 Å². The molecule has 4 bridgehead atoms. The Hall–Kier alpha value is -0.820. The molecule has 0 atom stereocenters. The molecule has 0 unspecified atom stereocenters. The number of hydrogen-bond donors (Lipinski definition) is 3. The van der Waals surface area contributed by atoms with Crippen molar-refractivity contribution in [1.29, 1.82) is 0 Å². The Balaban J connectivity index is 1.47. The van der Waals surface area contributed by atoms with Crippen molar-refractivity contribution in [2.75, 3.05) is 12.3 Å². The van der Waals surface area contributed by atoms with Crippen LogP contribution in [0.25, 0.3) is 0 Å². The maximum atomic E-state index is 12.0. The van der Waals surface area contributed by atoms with Crippen LogP contribution < -0.4 is 10.6 Å². The molecule has 0 aliphatic heterocycles. The quantitative estimate of drug-likeness (QED) is 0.529. The van der Waals surface area contributed by atoms with Gasteiger partial charge in [-0.15, -0.1) is 0 Å². The average Bonchev–Trinajstić information content (AvgIpc) is 2.31. The van der Waals surface area contributed by atoms with E-state index in [1.54, 1.807) is 0 Å². The summed E-state index contributed by atoms with van der Waals surface area (Å²) in [6.45, 7) is 0.262. The molecule has 0 radical (unpaired) electrons. The number of hydrogen-bond acceptors (Lipinski definition) is 3. The van der Waals surface area contributed by atoms with E-state index in [-0.39, 0.29) is 30.3 Å². The monoisotopic (exact) mass is 316 g/mol. The van der Waals surface area contributed by atoms with Crippen LogP contribution in [-0.2, 0) is 10.1 Å². The van der Waals surface area contributed by atoms with Crippen molar-refractivity contribution in [3.63, 3.8) is 0 Å². The van der Waals surface area contributed by atoms with Gasteiger partial charge in [0.05, 0.1) is 5.75 Å². The number of urea groups is 1. The molecular weight excluding hydrogens is 292 g/mol. The molecule has 0 heterocycles. The first-order valence-corrected chi connectivity index (χ1v) is 9.46. The van der Waals surface area contributed by atoms with Gasteiger partial charge in [-0.05, 0) is 62.7 Å². The molecule has 4 aliphatic rings. The van der Waals surface area contributed by atoms with Gasteiger partial charge in [0, 0.05) is 12.1 Å². The van der Waals surface area contributed by atoms with Gasteiger partial charge >= 0.3 is 6.03 Å². The Labute approximate surface area is 125 Å². The van der Waals surface area contributed by atoms with Crippen molar-refractivity contribution in [2.45, 2.75) is 50.5 Å². The lowest BCUT2D eigenvalue weighted by Crippen LogP contribution is -2.61. The molecule has 4 fully saturated rings. The molecule has 0 saturated heterocycles. The Morgan fingerprint density at radius 1 is 1.10 bits per heavy atom. The fourth-order valence-electron chi connectivity index (χ4n) is 5.01. The Kier molecular flexibility index (Phi) is 3.90. The first-order chi connectivity index (χ1) is 9.84. The lowest BCUT2D eigenvalue weighted by atomic mass is 9.53. The minimum atomic E-state index is -3.94. The molecule has 21 heavy (non-hydrogen) atoms. The molecule has 0 aromatic carbocycles. The largest absolute Gasteiger partial charge is 0.338 e. The molecule has 4 rings (SSSR count). The van der Waals surface area contributed by atoms with Crippen LogP contribution in [0.4, 0.5) is 4.79 Å². The highest BCUT2D eigenvalue weighted by Crippen LogP contribution is 2.55.